The van der Waals surface area contributed by atoms with Crippen LogP contribution in [-0.2, 0) is 0 Å². The van der Waals surface area contributed by atoms with Gasteiger partial charge in [-0.05, 0) is 32.0 Å². The first kappa shape index (κ1) is 9.59. The SMILES string of the molecule is CC1NCCC1c1nc2nc(N)ccc2[nH]1. The van der Waals surface area contributed by atoms with E-state index in [1.54, 1.807) is 6.07 Å². The molecule has 0 saturated carbocycles. The lowest BCUT2D eigenvalue weighted by Crippen LogP contribution is -2.22. The number of pyridine rings is 1. The lowest BCUT2D eigenvalue weighted by Gasteiger charge is -2.11. The highest BCUT2D eigenvalue weighted by molar-refractivity contribution is 5.72. The number of nitrogens with one attached hydrogen (secondary N) is 2. The molecule has 0 aliphatic carbocycles. The average Bonchev–Trinajstić information content (AvgIpc) is 2.82. The van der Waals surface area contributed by atoms with E-state index in [1.807, 2.05) is 6.07 Å². The van der Waals surface area contributed by atoms with Crippen molar-refractivity contribution in [2.75, 3.05) is 12.3 Å². The Morgan fingerprint density at radius 3 is 3.00 bits per heavy atom. The highest BCUT2D eigenvalue weighted by Crippen LogP contribution is 2.26. The van der Waals surface area contributed by atoms with Crippen LogP contribution in [0.15, 0.2) is 12.1 Å². The third-order valence-corrected chi connectivity index (χ3v) is 3.26. The first-order valence-electron chi connectivity index (χ1n) is 5.59. The number of hydrogen-bond donors (Lipinski definition) is 3. The van der Waals surface area contributed by atoms with Crippen molar-refractivity contribution in [1.29, 1.82) is 0 Å². The molecule has 0 radical (unpaired) electrons. The van der Waals surface area contributed by atoms with Crippen LogP contribution in [0.5, 0.6) is 0 Å². The van der Waals surface area contributed by atoms with Gasteiger partial charge in [-0.2, -0.15) is 0 Å². The van der Waals surface area contributed by atoms with Crippen LogP contribution in [0.2, 0.25) is 0 Å². The zero-order valence-corrected chi connectivity index (χ0v) is 9.20. The third-order valence-electron chi connectivity index (χ3n) is 3.26. The molecule has 0 bridgehead atoms. The third kappa shape index (κ3) is 1.44. The second-order valence-corrected chi connectivity index (χ2v) is 4.37. The average molecular weight is 217 g/mol. The van der Waals surface area contributed by atoms with Gasteiger partial charge < -0.3 is 16.0 Å². The minimum absolute atomic E-state index is 0.454. The molecule has 1 aliphatic rings. The second-order valence-electron chi connectivity index (χ2n) is 4.37. The van der Waals surface area contributed by atoms with E-state index in [4.69, 9.17) is 5.73 Å². The van der Waals surface area contributed by atoms with Crippen molar-refractivity contribution >= 4 is 17.0 Å². The minimum Gasteiger partial charge on any atom is -0.384 e. The minimum atomic E-state index is 0.454. The normalized spacial score (nSPS) is 25.3. The Morgan fingerprint density at radius 2 is 2.25 bits per heavy atom. The summed E-state index contributed by atoms with van der Waals surface area (Å²) in [6.07, 6.45) is 1.12. The summed E-state index contributed by atoms with van der Waals surface area (Å²) in [5.74, 6) is 1.99. The molecule has 0 spiro atoms. The van der Waals surface area contributed by atoms with Crippen molar-refractivity contribution in [2.45, 2.75) is 25.3 Å². The number of nitrogen functional groups attached to an aromatic ring is 1. The summed E-state index contributed by atoms with van der Waals surface area (Å²) in [6, 6.07) is 4.19. The quantitative estimate of drug-likeness (QED) is 0.666. The van der Waals surface area contributed by atoms with Gasteiger partial charge in [-0.25, -0.2) is 9.97 Å². The molecule has 84 valence electrons. The first-order valence-corrected chi connectivity index (χ1v) is 5.59. The molecule has 2 unspecified atom stereocenters. The van der Waals surface area contributed by atoms with Crippen molar-refractivity contribution in [1.82, 2.24) is 20.3 Å². The van der Waals surface area contributed by atoms with Crippen molar-refractivity contribution < 1.29 is 0 Å². The smallest absolute Gasteiger partial charge is 0.179 e. The van der Waals surface area contributed by atoms with Gasteiger partial charge in [-0.1, -0.05) is 0 Å². The van der Waals surface area contributed by atoms with Crippen molar-refractivity contribution in [2.24, 2.45) is 0 Å². The molecule has 1 fully saturated rings. The number of imidazole rings is 1. The van der Waals surface area contributed by atoms with Gasteiger partial charge in [0.2, 0.25) is 0 Å². The van der Waals surface area contributed by atoms with Gasteiger partial charge in [-0.15, -0.1) is 0 Å². The topological polar surface area (TPSA) is 79.6 Å². The summed E-state index contributed by atoms with van der Waals surface area (Å²) in [6.45, 7) is 3.24. The van der Waals surface area contributed by atoms with Crippen LogP contribution < -0.4 is 11.1 Å². The number of aromatic amines is 1. The standard InChI is InChI=1S/C11H15N5/c1-6-7(4-5-13-6)10-14-8-2-3-9(12)15-11(8)16-10/h2-3,6-7,13H,4-5H2,1H3,(H3,12,14,15,16). The maximum absolute atomic E-state index is 5.64. The lowest BCUT2D eigenvalue weighted by molar-refractivity contribution is 0.574. The molecule has 5 nitrogen and oxygen atoms in total. The van der Waals surface area contributed by atoms with Crippen LogP contribution in [-0.4, -0.2) is 27.5 Å². The molecule has 2 aromatic rings. The fourth-order valence-electron chi connectivity index (χ4n) is 2.33. The van der Waals surface area contributed by atoms with Crippen molar-refractivity contribution in [3.63, 3.8) is 0 Å². The Labute approximate surface area is 93.5 Å². The van der Waals surface area contributed by atoms with Gasteiger partial charge in [-0.3, -0.25) is 0 Å². The highest BCUT2D eigenvalue weighted by Gasteiger charge is 2.27. The molecule has 0 aromatic carbocycles. The predicted molar refractivity (Wildman–Crippen MR) is 63.1 cm³/mol. The lowest BCUT2D eigenvalue weighted by atomic mass is 10.0. The number of nitrogens with two attached hydrogens (primary N) is 1. The number of aromatic nitrogens is 3. The van der Waals surface area contributed by atoms with E-state index in [0.717, 1.165) is 24.3 Å². The largest absolute Gasteiger partial charge is 0.384 e. The summed E-state index contributed by atoms with van der Waals surface area (Å²) >= 11 is 0. The summed E-state index contributed by atoms with van der Waals surface area (Å²) in [5.41, 5.74) is 7.31. The van der Waals surface area contributed by atoms with Crippen molar-refractivity contribution in [3.8, 4) is 0 Å². The maximum atomic E-state index is 5.64. The number of rotatable bonds is 1. The molecule has 2 atom stereocenters. The molecule has 5 heteroatoms. The predicted octanol–water partition coefficient (Wildman–Crippen LogP) is 1.01. The fourth-order valence-corrected chi connectivity index (χ4v) is 2.33. The van der Waals surface area contributed by atoms with E-state index in [0.29, 0.717) is 23.4 Å². The van der Waals surface area contributed by atoms with Crippen LogP contribution >= 0.6 is 0 Å². The zero-order chi connectivity index (χ0) is 11.1. The molecular formula is C11H15N5. The Balaban J connectivity index is 2.04. The van der Waals surface area contributed by atoms with Gasteiger partial charge in [0, 0.05) is 12.0 Å². The Kier molecular flexibility index (Phi) is 2.07. The van der Waals surface area contributed by atoms with E-state index in [1.165, 1.54) is 0 Å². The van der Waals surface area contributed by atoms with Crippen LogP contribution in [0.1, 0.15) is 25.1 Å². The van der Waals surface area contributed by atoms with Crippen LogP contribution in [0.3, 0.4) is 0 Å². The summed E-state index contributed by atoms with van der Waals surface area (Å²) in [5, 5.41) is 3.42. The van der Waals surface area contributed by atoms with E-state index in [-0.39, 0.29) is 0 Å². The van der Waals surface area contributed by atoms with E-state index in [2.05, 4.69) is 27.2 Å². The number of anilines is 1. The van der Waals surface area contributed by atoms with Crippen molar-refractivity contribution in [3.05, 3.63) is 18.0 Å². The number of fused-ring (bicyclic) bond motifs is 1. The van der Waals surface area contributed by atoms with Crippen LogP contribution in [0.4, 0.5) is 5.82 Å². The maximum Gasteiger partial charge on any atom is 0.179 e. The first-order chi connectivity index (χ1) is 7.74. The molecule has 3 heterocycles. The fraction of sp³-hybridized carbons (Fsp3) is 0.455. The summed E-state index contributed by atoms with van der Waals surface area (Å²) < 4.78 is 0. The molecule has 1 aliphatic heterocycles. The van der Waals surface area contributed by atoms with E-state index in [9.17, 15) is 0 Å². The zero-order valence-electron chi connectivity index (χ0n) is 9.20. The van der Waals surface area contributed by atoms with Gasteiger partial charge in [0.05, 0.1) is 5.52 Å². The molecule has 3 rings (SSSR count). The van der Waals surface area contributed by atoms with Gasteiger partial charge in [0.25, 0.3) is 0 Å². The van der Waals surface area contributed by atoms with E-state index >= 15 is 0 Å². The molecule has 1 saturated heterocycles. The molecular weight excluding hydrogens is 202 g/mol. The van der Waals surface area contributed by atoms with E-state index < -0.39 is 0 Å². The number of H-pyrrole nitrogens is 1. The Morgan fingerprint density at radius 1 is 1.38 bits per heavy atom. The summed E-state index contributed by atoms with van der Waals surface area (Å²) in [4.78, 5) is 12.1. The number of nitrogens with zero attached hydrogens (tertiary/aromatic N) is 2. The second kappa shape index (κ2) is 3.45. The molecule has 2 aromatic heterocycles. The highest BCUT2D eigenvalue weighted by atomic mass is 15.0. The monoisotopic (exact) mass is 217 g/mol. The summed E-state index contributed by atoms with van der Waals surface area (Å²) in [7, 11) is 0. The molecule has 0 amide bonds. The molecule has 16 heavy (non-hydrogen) atoms. The van der Waals surface area contributed by atoms with Gasteiger partial charge in [0.15, 0.2) is 5.65 Å². The number of hydrogen-bond acceptors (Lipinski definition) is 4. The van der Waals surface area contributed by atoms with Gasteiger partial charge >= 0.3 is 0 Å². The molecule has 4 N–H and O–H groups in total. The Bertz CT molecular complexity index is 518. The van der Waals surface area contributed by atoms with Gasteiger partial charge in [0.1, 0.15) is 11.6 Å². The Hall–Kier alpha value is -1.62. The van der Waals surface area contributed by atoms with Crippen LogP contribution in [0.25, 0.3) is 11.2 Å². The van der Waals surface area contributed by atoms with Crippen LogP contribution in [0, 0.1) is 0 Å².